The Bertz CT molecular complexity index is 836. The Balaban J connectivity index is 1.87. The molecule has 2 aliphatic heterocycles. The summed E-state index contributed by atoms with van der Waals surface area (Å²) in [4.78, 5) is 26.3. The third-order valence-corrected chi connectivity index (χ3v) is 4.81. The van der Waals surface area contributed by atoms with Crippen LogP contribution in [0, 0.1) is 13.8 Å². The maximum atomic E-state index is 12.6. The Morgan fingerprint density at radius 1 is 1.21 bits per heavy atom. The van der Waals surface area contributed by atoms with Crippen LogP contribution in [0.4, 0.5) is 5.69 Å². The largest absolute Gasteiger partial charge is 0.505 e. The highest BCUT2D eigenvalue weighted by Gasteiger charge is 2.26. The molecule has 7 nitrogen and oxygen atoms in total. The van der Waals surface area contributed by atoms with E-state index in [4.69, 9.17) is 14.2 Å². The molecule has 7 heteroatoms. The van der Waals surface area contributed by atoms with Crippen molar-refractivity contribution < 1.29 is 28.9 Å². The van der Waals surface area contributed by atoms with Crippen LogP contribution in [-0.4, -0.2) is 43.5 Å². The molecule has 1 saturated heterocycles. The molecule has 2 heterocycles. The zero-order valence-corrected chi connectivity index (χ0v) is 16.4. The van der Waals surface area contributed by atoms with E-state index in [1.807, 2.05) is 13.0 Å². The van der Waals surface area contributed by atoms with Gasteiger partial charge in [-0.3, -0.25) is 0 Å². The van der Waals surface area contributed by atoms with E-state index in [0.29, 0.717) is 29.0 Å². The van der Waals surface area contributed by atoms with Gasteiger partial charge in [0.25, 0.3) is 0 Å². The normalized spacial score (nSPS) is 19.1. The molecular formula is C21H25NO6. The molecule has 1 atom stereocenters. The van der Waals surface area contributed by atoms with Gasteiger partial charge in [-0.05, 0) is 43.9 Å². The standard InChI is InChI=1S/C21H25NO6/c1-13-7-14(2)19(23)18(8-13)22-10-15(20(24)26-3)9-16(11-22)21(25)28-12-17-5-4-6-27-17/h7-8,10-11,17,23H,4-6,9,12H2,1-3H3. The van der Waals surface area contributed by atoms with E-state index < -0.39 is 11.9 Å². The summed E-state index contributed by atoms with van der Waals surface area (Å²) in [5.74, 6) is -0.971. The van der Waals surface area contributed by atoms with E-state index in [0.717, 1.165) is 18.4 Å². The summed E-state index contributed by atoms with van der Waals surface area (Å²) in [6.45, 7) is 4.56. The summed E-state index contributed by atoms with van der Waals surface area (Å²) in [5.41, 5.74) is 2.72. The number of nitrogens with zero attached hydrogens (tertiary/aromatic N) is 1. The Labute approximate surface area is 164 Å². The van der Waals surface area contributed by atoms with Gasteiger partial charge < -0.3 is 24.2 Å². The first-order valence-corrected chi connectivity index (χ1v) is 9.26. The van der Waals surface area contributed by atoms with Crippen LogP contribution >= 0.6 is 0 Å². The Kier molecular flexibility index (Phi) is 6.04. The van der Waals surface area contributed by atoms with Crippen molar-refractivity contribution in [3.63, 3.8) is 0 Å². The van der Waals surface area contributed by atoms with Crippen LogP contribution in [0.2, 0.25) is 0 Å². The van der Waals surface area contributed by atoms with E-state index >= 15 is 0 Å². The summed E-state index contributed by atoms with van der Waals surface area (Å²) >= 11 is 0. The van der Waals surface area contributed by atoms with Crippen molar-refractivity contribution in [2.24, 2.45) is 0 Å². The summed E-state index contributed by atoms with van der Waals surface area (Å²) in [7, 11) is 1.29. The summed E-state index contributed by atoms with van der Waals surface area (Å²) < 4.78 is 15.7. The number of phenolic OH excluding ortho intramolecular Hbond substituents is 1. The predicted molar refractivity (Wildman–Crippen MR) is 103 cm³/mol. The second-order valence-electron chi connectivity index (χ2n) is 7.07. The van der Waals surface area contributed by atoms with Crippen molar-refractivity contribution in [3.05, 3.63) is 46.8 Å². The maximum Gasteiger partial charge on any atom is 0.335 e. The van der Waals surface area contributed by atoms with Crippen molar-refractivity contribution in [1.29, 1.82) is 0 Å². The van der Waals surface area contributed by atoms with Gasteiger partial charge in [0, 0.05) is 25.4 Å². The van der Waals surface area contributed by atoms with E-state index in [-0.39, 0.29) is 24.9 Å². The second-order valence-corrected chi connectivity index (χ2v) is 7.07. The minimum atomic E-state index is -0.536. The molecule has 1 aromatic carbocycles. The Morgan fingerprint density at radius 3 is 2.57 bits per heavy atom. The maximum absolute atomic E-state index is 12.6. The first kappa shape index (κ1) is 19.9. The molecule has 0 aromatic heterocycles. The van der Waals surface area contributed by atoms with Crippen LogP contribution in [-0.2, 0) is 23.8 Å². The summed E-state index contributed by atoms with van der Waals surface area (Å²) in [5, 5.41) is 10.5. The van der Waals surface area contributed by atoms with Gasteiger partial charge in [0.1, 0.15) is 12.4 Å². The number of carbonyl (C=O) groups is 2. The quantitative estimate of drug-likeness (QED) is 0.778. The number of esters is 2. The molecular weight excluding hydrogens is 362 g/mol. The number of phenols is 1. The lowest BCUT2D eigenvalue weighted by Gasteiger charge is -2.25. The molecule has 1 aromatic rings. The van der Waals surface area contributed by atoms with Crippen LogP contribution in [0.3, 0.4) is 0 Å². The zero-order valence-electron chi connectivity index (χ0n) is 16.4. The van der Waals surface area contributed by atoms with Crippen LogP contribution in [0.15, 0.2) is 35.7 Å². The number of anilines is 1. The smallest absolute Gasteiger partial charge is 0.335 e. The average molecular weight is 387 g/mol. The van der Waals surface area contributed by atoms with Crippen LogP contribution in [0.5, 0.6) is 5.75 Å². The number of aromatic hydroxyl groups is 1. The van der Waals surface area contributed by atoms with Gasteiger partial charge >= 0.3 is 11.9 Å². The molecule has 0 saturated carbocycles. The highest BCUT2D eigenvalue weighted by atomic mass is 16.6. The molecule has 1 N–H and O–H groups in total. The molecule has 0 amide bonds. The molecule has 3 rings (SSSR count). The van der Waals surface area contributed by atoms with E-state index in [9.17, 15) is 14.7 Å². The van der Waals surface area contributed by atoms with Gasteiger partial charge in [0.05, 0.1) is 30.0 Å². The van der Waals surface area contributed by atoms with E-state index in [1.165, 1.54) is 7.11 Å². The lowest BCUT2D eigenvalue weighted by Crippen LogP contribution is -2.25. The number of aryl methyl sites for hydroxylation is 2. The number of carbonyl (C=O) groups excluding carboxylic acids is 2. The van der Waals surface area contributed by atoms with Crippen molar-refractivity contribution in [3.8, 4) is 5.75 Å². The first-order chi connectivity index (χ1) is 13.4. The zero-order chi connectivity index (χ0) is 20.3. The number of benzene rings is 1. The lowest BCUT2D eigenvalue weighted by atomic mass is 10.0. The fraction of sp³-hybridized carbons (Fsp3) is 0.429. The molecule has 150 valence electrons. The highest BCUT2D eigenvalue weighted by Crippen LogP contribution is 2.35. The predicted octanol–water partition coefficient (Wildman–Crippen LogP) is 2.88. The highest BCUT2D eigenvalue weighted by molar-refractivity contribution is 5.97. The van der Waals surface area contributed by atoms with Gasteiger partial charge in [-0.1, -0.05) is 6.07 Å². The van der Waals surface area contributed by atoms with Crippen molar-refractivity contribution in [2.45, 2.75) is 39.2 Å². The fourth-order valence-electron chi connectivity index (χ4n) is 3.36. The van der Waals surface area contributed by atoms with Crippen LogP contribution in [0.1, 0.15) is 30.4 Å². The van der Waals surface area contributed by atoms with Gasteiger partial charge in [0.2, 0.25) is 0 Å². The van der Waals surface area contributed by atoms with Gasteiger partial charge in [-0.2, -0.15) is 0 Å². The monoisotopic (exact) mass is 387 g/mol. The topological polar surface area (TPSA) is 85.3 Å². The molecule has 1 unspecified atom stereocenters. The number of ether oxygens (including phenoxy) is 3. The van der Waals surface area contributed by atoms with E-state index in [1.54, 1.807) is 30.3 Å². The van der Waals surface area contributed by atoms with Crippen LogP contribution in [0.25, 0.3) is 0 Å². The molecule has 0 spiro atoms. The van der Waals surface area contributed by atoms with Crippen molar-refractivity contribution in [1.82, 2.24) is 0 Å². The molecule has 1 fully saturated rings. The van der Waals surface area contributed by atoms with Crippen molar-refractivity contribution in [2.75, 3.05) is 25.2 Å². The Morgan fingerprint density at radius 2 is 1.93 bits per heavy atom. The third-order valence-electron chi connectivity index (χ3n) is 4.81. The van der Waals surface area contributed by atoms with Gasteiger partial charge in [-0.25, -0.2) is 9.59 Å². The number of methoxy groups -OCH3 is 1. The number of hydrogen-bond donors (Lipinski definition) is 1. The number of rotatable bonds is 5. The summed E-state index contributed by atoms with van der Waals surface area (Å²) in [6, 6.07) is 3.64. The molecule has 2 aliphatic rings. The fourth-order valence-corrected chi connectivity index (χ4v) is 3.36. The molecule has 0 radical (unpaired) electrons. The van der Waals surface area contributed by atoms with Gasteiger partial charge in [0.15, 0.2) is 0 Å². The Hall–Kier alpha value is -2.80. The van der Waals surface area contributed by atoms with Crippen molar-refractivity contribution >= 4 is 17.6 Å². The summed E-state index contributed by atoms with van der Waals surface area (Å²) in [6.07, 6.45) is 4.99. The third kappa shape index (κ3) is 4.36. The molecule has 0 aliphatic carbocycles. The second kappa shape index (κ2) is 8.48. The number of hydrogen-bond acceptors (Lipinski definition) is 7. The minimum absolute atomic E-state index is 0.0799. The lowest BCUT2D eigenvalue weighted by molar-refractivity contribution is -0.142. The minimum Gasteiger partial charge on any atom is -0.505 e. The van der Waals surface area contributed by atoms with E-state index in [2.05, 4.69) is 0 Å². The molecule has 0 bridgehead atoms. The SMILES string of the molecule is COC(=O)C1=CN(c2cc(C)cc(C)c2O)C=C(C(=O)OCC2CCCO2)C1. The average Bonchev–Trinajstić information content (AvgIpc) is 3.21. The first-order valence-electron chi connectivity index (χ1n) is 9.26. The molecule has 28 heavy (non-hydrogen) atoms. The van der Waals surface area contributed by atoms with Gasteiger partial charge in [-0.15, -0.1) is 0 Å². The van der Waals surface area contributed by atoms with Crippen LogP contribution < -0.4 is 4.90 Å².